The molecule has 0 aliphatic carbocycles. The first-order valence-electron chi connectivity index (χ1n) is 7.78. The summed E-state index contributed by atoms with van der Waals surface area (Å²) in [6.45, 7) is 1.93. The Balaban J connectivity index is 2.17. The van der Waals surface area contributed by atoms with E-state index < -0.39 is 12.0 Å². The van der Waals surface area contributed by atoms with Crippen LogP contribution in [-0.4, -0.2) is 12.2 Å². The minimum Gasteiger partial charge on any atom is -0.426 e. The Morgan fingerprint density at radius 1 is 1.32 bits per heavy atom. The van der Waals surface area contributed by atoms with Crippen LogP contribution in [-0.2, 0) is 22.6 Å². The first-order valence-corrected chi connectivity index (χ1v) is 8.53. The quantitative estimate of drug-likeness (QED) is 0.627. The van der Waals surface area contributed by atoms with Crippen LogP contribution in [0.1, 0.15) is 24.5 Å². The highest BCUT2D eigenvalue weighted by atomic mass is 35.5. The summed E-state index contributed by atoms with van der Waals surface area (Å²) in [6.07, 6.45) is 0.140. The number of halogens is 3. The van der Waals surface area contributed by atoms with Gasteiger partial charge in [0.2, 0.25) is 0 Å². The number of ether oxygens (including phenoxy) is 2. The molecule has 25 heavy (non-hydrogen) atoms. The Morgan fingerprint density at radius 3 is 2.64 bits per heavy atom. The Labute approximate surface area is 154 Å². The maximum absolute atomic E-state index is 13.5. The molecule has 1 atom stereocenters. The van der Waals surface area contributed by atoms with E-state index >= 15 is 0 Å². The standard InChI is InChI=1S/C18H16Cl2FNO3/c1-2-17(23)25-15-4-3-10(12-8-24-16(22)7-11(12)15)18-13(19)5-9(21)6-14(18)20/h3-6,16H,2,7-8,22H2,1H3/t16-/m0/s1. The third-order valence-electron chi connectivity index (χ3n) is 4.02. The molecule has 0 aromatic heterocycles. The number of fused-ring (bicyclic) bond motifs is 1. The second-order valence-electron chi connectivity index (χ2n) is 5.69. The van der Waals surface area contributed by atoms with Crippen molar-refractivity contribution < 1.29 is 18.7 Å². The molecule has 2 N–H and O–H groups in total. The van der Waals surface area contributed by atoms with Gasteiger partial charge in [-0.1, -0.05) is 36.2 Å². The highest BCUT2D eigenvalue weighted by Gasteiger charge is 2.26. The van der Waals surface area contributed by atoms with Gasteiger partial charge in [-0.2, -0.15) is 0 Å². The van der Waals surface area contributed by atoms with E-state index in [9.17, 15) is 9.18 Å². The van der Waals surface area contributed by atoms with Crippen LogP contribution in [0.5, 0.6) is 5.75 Å². The average Bonchev–Trinajstić information content (AvgIpc) is 2.55. The number of nitrogens with two attached hydrogens (primary N) is 1. The van der Waals surface area contributed by atoms with Crippen molar-refractivity contribution >= 4 is 29.2 Å². The molecule has 0 saturated heterocycles. The highest BCUT2D eigenvalue weighted by molar-refractivity contribution is 6.39. The molecule has 2 aromatic carbocycles. The zero-order valence-corrected chi connectivity index (χ0v) is 15.0. The monoisotopic (exact) mass is 383 g/mol. The van der Waals surface area contributed by atoms with Crippen LogP contribution in [0.3, 0.4) is 0 Å². The molecule has 0 unspecified atom stereocenters. The van der Waals surface area contributed by atoms with Gasteiger partial charge in [-0.15, -0.1) is 0 Å². The molecule has 0 fully saturated rings. The van der Waals surface area contributed by atoms with Crippen molar-refractivity contribution in [3.05, 3.63) is 51.3 Å². The fourth-order valence-electron chi connectivity index (χ4n) is 2.83. The Kier molecular flexibility index (Phi) is 5.29. The van der Waals surface area contributed by atoms with Gasteiger partial charge in [0.25, 0.3) is 0 Å². The fourth-order valence-corrected chi connectivity index (χ4v) is 3.50. The SMILES string of the molecule is CCC(=O)Oc1ccc(-c2c(Cl)cc(F)cc2Cl)c2c1C[C@@H](N)OC2. The lowest BCUT2D eigenvalue weighted by Gasteiger charge is -2.27. The molecule has 0 radical (unpaired) electrons. The fraction of sp³-hybridized carbons (Fsp3) is 0.278. The van der Waals surface area contributed by atoms with Crippen molar-refractivity contribution in [1.29, 1.82) is 0 Å². The van der Waals surface area contributed by atoms with Crippen LogP contribution < -0.4 is 10.5 Å². The van der Waals surface area contributed by atoms with Crippen molar-refractivity contribution in [2.45, 2.75) is 32.6 Å². The van der Waals surface area contributed by atoms with Gasteiger partial charge in [0.05, 0.1) is 16.7 Å². The lowest BCUT2D eigenvalue weighted by atomic mass is 9.91. The summed E-state index contributed by atoms with van der Waals surface area (Å²) < 4.78 is 24.4. The first-order chi connectivity index (χ1) is 11.9. The molecule has 132 valence electrons. The highest BCUT2D eigenvalue weighted by Crippen LogP contribution is 2.42. The van der Waals surface area contributed by atoms with Gasteiger partial charge in [-0.05, 0) is 29.3 Å². The summed E-state index contributed by atoms with van der Waals surface area (Å²) in [5, 5.41) is 0.390. The molecule has 1 aliphatic rings. The van der Waals surface area contributed by atoms with Crippen molar-refractivity contribution in [1.82, 2.24) is 0 Å². The maximum atomic E-state index is 13.5. The number of rotatable bonds is 3. The van der Waals surface area contributed by atoms with E-state index in [0.717, 1.165) is 11.1 Å². The summed E-state index contributed by atoms with van der Waals surface area (Å²) >= 11 is 12.4. The molecular weight excluding hydrogens is 368 g/mol. The van der Waals surface area contributed by atoms with Gasteiger partial charge in [0.15, 0.2) is 0 Å². The van der Waals surface area contributed by atoms with E-state index in [1.807, 2.05) is 0 Å². The first kappa shape index (κ1) is 18.1. The number of hydrogen-bond donors (Lipinski definition) is 1. The lowest BCUT2D eigenvalue weighted by Crippen LogP contribution is -2.31. The van der Waals surface area contributed by atoms with Crippen LogP contribution >= 0.6 is 23.2 Å². The Morgan fingerprint density at radius 2 is 2.00 bits per heavy atom. The number of carbonyl (C=O) groups is 1. The zero-order chi connectivity index (χ0) is 18.1. The molecule has 0 saturated carbocycles. The minimum absolute atomic E-state index is 0.195. The zero-order valence-electron chi connectivity index (χ0n) is 13.4. The third-order valence-corrected chi connectivity index (χ3v) is 4.62. The van der Waals surface area contributed by atoms with Crippen molar-refractivity contribution in [3.63, 3.8) is 0 Å². The summed E-state index contributed by atoms with van der Waals surface area (Å²) in [7, 11) is 0. The van der Waals surface area contributed by atoms with E-state index in [4.69, 9.17) is 38.4 Å². The lowest BCUT2D eigenvalue weighted by molar-refractivity contribution is -0.134. The molecule has 2 aromatic rings. The van der Waals surface area contributed by atoms with Crippen molar-refractivity contribution in [2.75, 3.05) is 0 Å². The van der Waals surface area contributed by atoms with Crippen LogP contribution in [0.15, 0.2) is 24.3 Å². The number of benzene rings is 2. The van der Waals surface area contributed by atoms with Gasteiger partial charge < -0.3 is 15.2 Å². The topological polar surface area (TPSA) is 61.5 Å². The van der Waals surface area contributed by atoms with E-state index in [1.165, 1.54) is 12.1 Å². The molecule has 3 rings (SSSR count). The van der Waals surface area contributed by atoms with Gasteiger partial charge in [0, 0.05) is 24.0 Å². The normalized spacial score (nSPS) is 16.4. The third kappa shape index (κ3) is 3.65. The second-order valence-corrected chi connectivity index (χ2v) is 6.51. The van der Waals surface area contributed by atoms with Crippen LogP contribution in [0.4, 0.5) is 4.39 Å². The molecule has 4 nitrogen and oxygen atoms in total. The van der Waals surface area contributed by atoms with Crippen molar-refractivity contribution in [3.8, 4) is 16.9 Å². The van der Waals surface area contributed by atoms with E-state index in [0.29, 0.717) is 23.3 Å². The largest absolute Gasteiger partial charge is 0.426 e. The Hall–Kier alpha value is -1.66. The smallest absolute Gasteiger partial charge is 0.310 e. The predicted octanol–water partition coefficient (Wildman–Crippen LogP) is 4.47. The molecule has 7 heteroatoms. The minimum atomic E-state index is -0.514. The molecule has 1 aliphatic heterocycles. The van der Waals surface area contributed by atoms with Gasteiger partial charge in [-0.3, -0.25) is 4.79 Å². The number of esters is 1. The number of hydrogen-bond acceptors (Lipinski definition) is 4. The molecule has 1 heterocycles. The van der Waals surface area contributed by atoms with Crippen LogP contribution in [0.2, 0.25) is 10.0 Å². The second kappa shape index (κ2) is 7.30. The average molecular weight is 384 g/mol. The molecule has 0 bridgehead atoms. The van der Waals surface area contributed by atoms with E-state index in [1.54, 1.807) is 19.1 Å². The summed E-state index contributed by atoms with van der Waals surface area (Å²) in [5.74, 6) is -0.411. The Bertz CT molecular complexity index is 818. The molecular formula is C18H16Cl2FNO3. The van der Waals surface area contributed by atoms with E-state index in [-0.39, 0.29) is 29.0 Å². The molecule has 0 amide bonds. The van der Waals surface area contributed by atoms with Crippen LogP contribution in [0, 0.1) is 5.82 Å². The maximum Gasteiger partial charge on any atom is 0.310 e. The summed E-state index contributed by atoms with van der Waals surface area (Å²) in [4.78, 5) is 11.7. The molecule has 0 spiro atoms. The van der Waals surface area contributed by atoms with Gasteiger partial charge in [0.1, 0.15) is 17.8 Å². The van der Waals surface area contributed by atoms with Gasteiger partial charge >= 0.3 is 5.97 Å². The van der Waals surface area contributed by atoms with E-state index in [2.05, 4.69) is 0 Å². The van der Waals surface area contributed by atoms with Crippen molar-refractivity contribution in [2.24, 2.45) is 5.73 Å². The summed E-state index contributed by atoms with van der Waals surface area (Å²) in [5.41, 5.74) is 8.64. The van der Waals surface area contributed by atoms with Gasteiger partial charge in [-0.25, -0.2) is 4.39 Å². The summed E-state index contributed by atoms with van der Waals surface area (Å²) in [6, 6.07) is 5.82. The predicted molar refractivity (Wildman–Crippen MR) is 94.3 cm³/mol. The van der Waals surface area contributed by atoms with Crippen LogP contribution in [0.25, 0.3) is 11.1 Å². The number of carbonyl (C=O) groups excluding carboxylic acids is 1.